The van der Waals surface area contributed by atoms with Gasteiger partial charge in [0.1, 0.15) is 4.90 Å². The summed E-state index contributed by atoms with van der Waals surface area (Å²) in [7, 11) is -3.71. The molecule has 2 aromatic carbocycles. The second kappa shape index (κ2) is 8.90. The Balaban J connectivity index is 1.50. The molecule has 0 aliphatic carbocycles. The highest BCUT2D eigenvalue weighted by Gasteiger charge is 2.16. The quantitative estimate of drug-likeness (QED) is 0.399. The van der Waals surface area contributed by atoms with E-state index >= 15 is 0 Å². The van der Waals surface area contributed by atoms with Crippen LogP contribution in [0, 0.1) is 0 Å². The summed E-state index contributed by atoms with van der Waals surface area (Å²) >= 11 is 0. The number of aromatic nitrogens is 3. The average Bonchev–Trinajstić information content (AvgIpc) is 2.88. The van der Waals surface area contributed by atoms with Gasteiger partial charge in [0.25, 0.3) is 0 Å². The first-order valence-electron chi connectivity index (χ1n) is 10.4. The molecule has 0 radical (unpaired) electrons. The zero-order chi connectivity index (χ0) is 22.7. The maximum Gasteiger partial charge on any atom is 0.242 e. The van der Waals surface area contributed by atoms with Crippen molar-refractivity contribution in [3.05, 3.63) is 109 Å². The molecule has 0 aliphatic heterocycles. The first-order valence-corrected chi connectivity index (χ1v) is 11.9. The zero-order valence-electron chi connectivity index (χ0n) is 17.6. The molecule has 7 heteroatoms. The van der Waals surface area contributed by atoms with Crippen LogP contribution in [0.15, 0.2) is 109 Å². The van der Waals surface area contributed by atoms with E-state index in [9.17, 15) is 8.42 Å². The van der Waals surface area contributed by atoms with Gasteiger partial charge in [-0.05, 0) is 58.7 Å². The Morgan fingerprint density at radius 2 is 1.55 bits per heavy atom. The van der Waals surface area contributed by atoms with Gasteiger partial charge in [-0.1, -0.05) is 36.4 Å². The molecular weight excluding hydrogens is 432 g/mol. The number of hydrogen-bond acceptors (Lipinski definition) is 5. The maximum absolute atomic E-state index is 12.9. The lowest BCUT2D eigenvalue weighted by molar-refractivity contribution is 0.581. The summed E-state index contributed by atoms with van der Waals surface area (Å²) in [6.07, 6.45) is 8.32. The highest BCUT2D eigenvalue weighted by Crippen LogP contribution is 2.31. The van der Waals surface area contributed by atoms with Gasteiger partial charge in [-0.3, -0.25) is 15.0 Å². The Morgan fingerprint density at radius 1 is 0.727 bits per heavy atom. The molecule has 0 bridgehead atoms. The van der Waals surface area contributed by atoms with E-state index in [0.29, 0.717) is 5.56 Å². The van der Waals surface area contributed by atoms with Crippen LogP contribution in [0.3, 0.4) is 0 Å². The van der Waals surface area contributed by atoms with Crippen LogP contribution in [-0.2, 0) is 16.6 Å². The second-order valence-electron chi connectivity index (χ2n) is 7.55. The van der Waals surface area contributed by atoms with Crippen LogP contribution in [0.1, 0.15) is 5.56 Å². The molecule has 33 heavy (non-hydrogen) atoms. The fourth-order valence-electron chi connectivity index (χ4n) is 3.69. The Labute approximate surface area is 192 Å². The minimum Gasteiger partial charge on any atom is -0.265 e. The predicted octanol–water partition coefficient (Wildman–Crippen LogP) is 4.84. The number of benzene rings is 2. The molecular formula is C26H20N4O2S. The number of nitrogens with zero attached hydrogens (tertiary/aromatic N) is 3. The first kappa shape index (κ1) is 20.9. The van der Waals surface area contributed by atoms with E-state index in [-0.39, 0.29) is 11.4 Å². The highest BCUT2D eigenvalue weighted by atomic mass is 32.2. The van der Waals surface area contributed by atoms with E-state index < -0.39 is 10.0 Å². The van der Waals surface area contributed by atoms with Gasteiger partial charge < -0.3 is 0 Å². The van der Waals surface area contributed by atoms with E-state index in [0.717, 1.165) is 33.2 Å². The molecule has 0 amide bonds. The van der Waals surface area contributed by atoms with Crippen LogP contribution in [0.5, 0.6) is 0 Å². The number of pyridine rings is 3. The topological polar surface area (TPSA) is 84.8 Å². The lowest BCUT2D eigenvalue weighted by Crippen LogP contribution is -2.23. The van der Waals surface area contributed by atoms with Gasteiger partial charge >= 0.3 is 0 Å². The number of fused-ring (bicyclic) bond motifs is 1. The number of sulfonamides is 1. The molecule has 0 saturated heterocycles. The summed E-state index contributed by atoms with van der Waals surface area (Å²) < 4.78 is 28.4. The van der Waals surface area contributed by atoms with Gasteiger partial charge in [-0.25, -0.2) is 13.1 Å². The van der Waals surface area contributed by atoms with Gasteiger partial charge in [-0.15, -0.1) is 0 Å². The van der Waals surface area contributed by atoms with Crippen molar-refractivity contribution in [3.8, 4) is 22.3 Å². The molecule has 6 nitrogen and oxygen atoms in total. The van der Waals surface area contributed by atoms with Gasteiger partial charge in [0, 0.05) is 48.5 Å². The molecule has 3 heterocycles. The normalized spacial score (nSPS) is 11.5. The summed E-state index contributed by atoms with van der Waals surface area (Å²) in [4.78, 5) is 12.9. The Bertz CT molecular complexity index is 1520. The van der Waals surface area contributed by atoms with Crippen LogP contribution < -0.4 is 4.72 Å². The van der Waals surface area contributed by atoms with Crippen molar-refractivity contribution in [2.45, 2.75) is 11.4 Å². The predicted molar refractivity (Wildman–Crippen MR) is 129 cm³/mol. The molecule has 0 saturated carbocycles. The molecule has 0 aliphatic rings. The molecule has 5 aromatic rings. The summed E-state index contributed by atoms with van der Waals surface area (Å²) in [5.74, 6) is 0. The fourth-order valence-corrected chi connectivity index (χ4v) is 4.70. The Morgan fingerprint density at radius 3 is 2.36 bits per heavy atom. The van der Waals surface area contributed by atoms with E-state index in [4.69, 9.17) is 0 Å². The van der Waals surface area contributed by atoms with Crippen LogP contribution in [0.4, 0.5) is 0 Å². The van der Waals surface area contributed by atoms with Gasteiger partial charge in [-0.2, -0.15) is 0 Å². The van der Waals surface area contributed by atoms with E-state index in [2.05, 4.69) is 19.7 Å². The fraction of sp³-hybridized carbons (Fsp3) is 0.0385. The highest BCUT2D eigenvalue weighted by molar-refractivity contribution is 7.89. The monoisotopic (exact) mass is 452 g/mol. The largest absolute Gasteiger partial charge is 0.265 e. The van der Waals surface area contributed by atoms with Crippen LogP contribution in [0.25, 0.3) is 33.2 Å². The zero-order valence-corrected chi connectivity index (χ0v) is 18.4. The molecule has 3 aromatic heterocycles. The second-order valence-corrected chi connectivity index (χ2v) is 9.31. The van der Waals surface area contributed by atoms with Crippen molar-refractivity contribution in [1.29, 1.82) is 0 Å². The number of rotatable bonds is 6. The van der Waals surface area contributed by atoms with Crippen molar-refractivity contribution in [2.75, 3.05) is 0 Å². The summed E-state index contributed by atoms with van der Waals surface area (Å²) in [6.45, 7) is 0.213. The first-order chi connectivity index (χ1) is 16.1. The maximum atomic E-state index is 12.9. The van der Waals surface area contributed by atoms with Crippen LogP contribution >= 0.6 is 0 Å². The van der Waals surface area contributed by atoms with Gasteiger partial charge in [0.15, 0.2) is 0 Å². The third-order valence-corrected chi connectivity index (χ3v) is 6.77. The average molecular weight is 453 g/mol. The van der Waals surface area contributed by atoms with Crippen molar-refractivity contribution >= 4 is 20.9 Å². The van der Waals surface area contributed by atoms with E-state index in [1.807, 2.05) is 66.7 Å². The number of nitrogens with one attached hydrogen (secondary N) is 1. The van der Waals surface area contributed by atoms with Gasteiger partial charge in [0.05, 0.1) is 5.52 Å². The molecule has 5 rings (SSSR count). The van der Waals surface area contributed by atoms with E-state index in [1.165, 1.54) is 6.20 Å². The molecule has 0 unspecified atom stereocenters. The lowest BCUT2D eigenvalue weighted by Gasteiger charge is -2.10. The van der Waals surface area contributed by atoms with Crippen molar-refractivity contribution in [1.82, 2.24) is 19.7 Å². The van der Waals surface area contributed by atoms with Crippen molar-refractivity contribution in [2.24, 2.45) is 0 Å². The van der Waals surface area contributed by atoms with Crippen LogP contribution in [-0.4, -0.2) is 23.4 Å². The van der Waals surface area contributed by atoms with E-state index in [1.54, 1.807) is 30.9 Å². The minimum absolute atomic E-state index is 0.122. The van der Waals surface area contributed by atoms with Crippen LogP contribution in [0.2, 0.25) is 0 Å². The SMILES string of the molecule is O=S(=O)(NCc1ccccc1)c1cncc(-c2ccc3nccc(-c4ccncc4)c3c2)c1. The lowest BCUT2D eigenvalue weighted by atomic mass is 9.98. The Kier molecular flexibility index (Phi) is 5.64. The third kappa shape index (κ3) is 4.50. The van der Waals surface area contributed by atoms with Gasteiger partial charge in [0.2, 0.25) is 10.0 Å². The van der Waals surface area contributed by atoms with Crippen molar-refractivity contribution < 1.29 is 8.42 Å². The molecule has 0 spiro atoms. The van der Waals surface area contributed by atoms with Crippen molar-refractivity contribution in [3.63, 3.8) is 0 Å². The summed E-state index contributed by atoms with van der Waals surface area (Å²) in [5.41, 5.74) is 5.38. The summed E-state index contributed by atoms with van der Waals surface area (Å²) in [5, 5.41) is 0.969. The summed E-state index contributed by atoms with van der Waals surface area (Å²) in [6, 6.07) is 22.8. The molecule has 1 N–H and O–H groups in total. The Hall–Kier alpha value is -3.94. The molecule has 0 atom stereocenters. The molecule has 162 valence electrons. The number of hydrogen-bond donors (Lipinski definition) is 1. The standard InChI is InChI=1S/C26H20N4O2S/c31-33(32,30-16-19-4-2-1-3-5-19)23-14-22(17-28-18-23)21-6-7-26-25(15-21)24(10-13-29-26)20-8-11-27-12-9-20/h1-15,17-18,30H,16H2. The smallest absolute Gasteiger partial charge is 0.242 e. The third-order valence-electron chi connectivity index (χ3n) is 5.40. The molecule has 0 fully saturated rings. The minimum atomic E-state index is -3.71.